The van der Waals surface area contributed by atoms with Crippen molar-refractivity contribution in [1.82, 2.24) is 4.98 Å². The Kier molecular flexibility index (Phi) is 2.48. The molecule has 0 aliphatic heterocycles. The van der Waals surface area contributed by atoms with E-state index in [0.29, 0.717) is 0 Å². The smallest absolute Gasteiger partial charge is 0.242 e. The third-order valence-electron chi connectivity index (χ3n) is 1.99. The Morgan fingerprint density at radius 2 is 1.87 bits per heavy atom. The van der Waals surface area contributed by atoms with E-state index in [2.05, 4.69) is 36.8 Å². The van der Waals surface area contributed by atoms with Gasteiger partial charge in [-0.1, -0.05) is 18.2 Å². The Morgan fingerprint density at radius 1 is 1.13 bits per heavy atom. The van der Waals surface area contributed by atoms with Crippen LogP contribution < -0.4 is 4.43 Å². The van der Waals surface area contributed by atoms with Gasteiger partial charge >= 0.3 is 0 Å². The van der Waals surface area contributed by atoms with Crippen molar-refractivity contribution < 1.29 is 4.43 Å². The normalized spacial score (nSPS) is 11.7. The lowest BCUT2D eigenvalue weighted by molar-refractivity contribution is 0.556. The maximum Gasteiger partial charge on any atom is 0.242 e. The summed E-state index contributed by atoms with van der Waals surface area (Å²) in [6.07, 6.45) is 1.81. The van der Waals surface area contributed by atoms with Gasteiger partial charge in [0, 0.05) is 5.39 Å². The molecule has 0 fully saturated rings. The molecule has 0 unspecified atom stereocenters. The van der Waals surface area contributed by atoms with Crippen LogP contribution in [0.2, 0.25) is 19.6 Å². The summed E-state index contributed by atoms with van der Waals surface area (Å²) in [6, 6.07) is 10.1. The average Bonchev–Trinajstić information content (AvgIpc) is 2.15. The minimum atomic E-state index is -1.53. The molecule has 2 rings (SSSR count). The quantitative estimate of drug-likeness (QED) is 0.719. The Hall–Kier alpha value is -1.35. The highest BCUT2D eigenvalue weighted by atomic mass is 28.4. The molecular formula is C12H15NOSi. The van der Waals surface area contributed by atoms with Crippen molar-refractivity contribution in [2.45, 2.75) is 19.6 Å². The van der Waals surface area contributed by atoms with E-state index in [0.717, 1.165) is 16.7 Å². The summed E-state index contributed by atoms with van der Waals surface area (Å²) >= 11 is 0. The Balaban J connectivity index is 2.39. The third-order valence-corrected chi connectivity index (χ3v) is 2.84. The molecule has 0 aliphatic rings. The summed E-state index contributed by atoms with van der Waals surface area (Å²) in [4.78, 5) is 4.36. The molecule has 0 amide bonds. The summed E-state index contributed by atoms with van der Waals surface area (Å²) in [6.45, 7) is 6.51. The van der Waals surface area contributed by atoms with Crippen LogP contribution >= 0.6 is 0 Å². The lowest BCUT2D eigenvalue weighted by Gasteiger charge is -2.18. The number of hydrogen-bond acceptors (Lipinski definition) is 2. The van der Waals surface area contributed by atoms with E-state index in [1.807, 2.05) is 18.2 Å². The minimum absolute atomic E-state index is 0.882. The van der Waals surface area contributed by atoms with Crippen molar-refractivity contribution in [3.05, 3.63) is 36.5 Å². The van der Waals surface area contributed by atoms with Crippen molar-refractivity contribution in [1.29, 1.82) is 0 Å². The second-order valence-corrected chi connectivity index (χ2v) is 9.01. The molecular weight excluding hydrogens is 202 g/mol. The number of para-hydroxylation sites is 1. The summed E-state index contributed by atoms with van der Waals surface area (Å²) in [5.41, 5.74) is 1.01. The topological polar surface area (TPSA) is 22.1 Å². The van der Waals surface area contributed by atoms with Crippen LogP contribution in [0.25, 0.3) is 10.9 Å². The van der Waals surface area contributed by atoms with Gasteiger partial charge in [-0.15, -0.1) is 0 Å². The summed E-state index contributed by atoms with van der Waals surface area (Å²) in [5.74, 6) is 0.882. The van der Waals surface area contributed by atoms with Crippen LogP contribution in [-0.2, 0) is 0 Å². The molecule has 1 aromatic heterocycles. The average molecular weight is 217 g/mol. The maximum atomic E-state index is 5.89. The molecule has 0 aliphatic carbocycles. The highest BCUT2D eigenvalue weighted by molar-refractivity contribution is 6.70. The zero-order chi connectivity index (χ0) is 10.9. The fraction of sp³-hybridized carbons (Fsp3) is 0.250. The third kappa shape index (κ3) is 2.56. The second-order valence-electron chi connectivity index (χ2n) is 4.58. The molecule has 1 aromatic carbocycles. The number of aromatic nitrogens is 1. The predicted molar refractivity (Wildman–Crippen MR) is 65.7 cm³/mol. The molecule has 2 aromatic rings. The summed E-state index contributed by atoms with van der Waals surface area (Å²) < 4.78 is 5.89. The van der Waals surface area contributed by atoms with Crippen molar-refractivity contribution in [3.63, 3.8) is 0 Å². The highest BCUT2D eigenvalue weighted by Crippen LogP contribution is 2.20. The van der Waals surface area contributed by atoms with Gasteiger partial charge in [0.05, 0.1) is 11.7 Å². The van der Waals surface area contributed by atoms with E-state index in [4.69, 9.17) is 4.43 Å². The first-order valence-corrected chi connectivity index (χ1v) is 8.49. The molecule has 3 heteroatoms. The van der Waals surface area contributed by atoms with Crippen molar-refractivity contribution >= 4 is 19.2 Å². The van der Waals surface area contributed by atoms with E-state index in [1.165, 1.54) is 0 Å². The van der Waals surface area contributed by atoms with Gasteiger partial charge in [0.2, 0.25) is 8.32 Å². The van der Waals surface area contributed by atoms with E-state index in [9.17, 15) is 0 Å². The van der Waals surface area contributed by atoms with Gasteiger partial charge in [0.25, 0.3) is 0 Å². The SMILES string of the molecule is C[Si](C)(C)Oc1cnc2ccccc2c1. The van der Waals surface area contributed by atoms with Crippen LogP contribution in [0.15, 0.2) is 36.5 Å². The molecule has 0 N–H and O–H groups in total. The molecule has 2 nitrogen and oxygen atoms in total. The molecule has 0 spiro atoms. The van der Waals surface area contributed by atoms with Crippen molar-refractivity contribution in [3.8, 4) is 5.75 Å². The monoisotopic (exact) mass is 217 g/mol. The molecule has 0 saturated carbocycles. The number of rotatable bonds is 2. The minimum Gasteiger partial charge on any atom is -0.543 e. The summed E-state index contributed by atoms with van der Waals surface area (Å²) in [5, 5.41) is 1.13. The zero-order valence-corrected chi connectivity index (χ0v) is 10.3. The number of pyridine rings is 1. The first-order valence-electron chi connectivity index (χ1n) is 5.08. The van der Waals surface area contributed by atoms with E-state index in [1.54, 1.807) is 6.20 Å². The van der Waals surface area contributed by atoms with Crippen LogP contribution in [0.1, 0.15) is 0 Å². The van der Waals surface area contributed by atoms with Crippen molar-refractivity contribution in [2.24, 2.45) is 0 Å². The maximum absolute atomic E-state index is 5.89. The molecule has 0 saturated heterocycles. The van der Waals surface area contributed by atoms with Gasteiger partial charge in [-0.05, 0) is 31.8 Å². The van der Waals surface area contributed by atoms with Crippen LogP contribution in [0.5, 0.6) is 5.75 Å². The van der Waals surface area contributed by atoms with Crippen LogP contribution in [-0.4, -0.2) is 13.3 Å². The molecule has 0 atom stereocenters. The number of benzene rings is 1. The predicted octanol–water partition coefficient (Wildman–Crippen LogP) is 3.45. The second kappa shape index (κ2) is 3.66. The molecule has 0 bridgehead atoms. The van der Waals surface area contributed by atoms with Gasteiger partial charge in [-0.25, -0.2) is 0 Å². The number of fused-ring (bicyclic) bond motifs is 1. The highest BCUT2D eigenvalue weighted by Gasteiger charge is 2.16. The number of nitrogens with zero attached hydrogens (tertiary/aromatic N) is 1. The van der Waals surface area contributed by atoms with Crippen LogP contribution in [0.4, 0.5) is 0 Å². The molecule has 78 valence electrons. The largest absolute Gasteiger partial charge is 0.543 e. The van der Waals surface area contributed by atoms with E-state index in [-0.39, 0.29) is 0 Å². The standard InChI is InChI=1S/C12H15NOSi/c1-15(2,3)14-11-8-10-6-4-5-7-12(10)13-9-11/h4-9H,1-3H3. The van der Waals surface area contributed by atoms with Crippen LogP contribution in [0.3, 0.4) is 0 Å². The van der Waals surface area contributed by atoms with Gasteiger partial charge in [-0.2, -0.15) is 0 Å². The van der Waals surface area contributed by atoms with Gasteiger partial charge in [0.15, 0.2) is 0 Å². The van der Waals surface area contributed by atoms with E-state index < -0.39 is 8.32 Å². The Morgan fingerprint density at radius 3 is 2.60 bits per heavy atom. The fourth-order valence-corrected chi connectivity index (χ4v) is 2.28. The van der Waals surface area contributed by atoms with Gasteiger partial charge in [-0.3, -0.25) is 4.98 Å². The lowest BCUT2D eigenvalue weighted by atomic mass is 10.2. The number of hydrogen-bond donors (Lipinski definition) is 0. The fourth-order valence-electron chi connectivity index (χ4n) is 1.46. The van der Waals surface area contributed by atoms with Crippen molar-refractivity contribution in [2.75, 3.05) is 0 Å². The lowest BCUT2D eigenvalue weighted by Crippen LogP contribution is -2.29. The van der Waals surface area contributed by atoms with E-state index >= 15 is 0 Å². The molecule has 15 heavy (non-hydrogen) atoms. The van der Waals surface area contributed by atoms with Gasteiger partial charge < -0.3 is 4.43 Å². The molecule has 1 heterocycles. The Labute approximate surface area is 91.0 Å². The van der Waals surface area contributed by atoms with Crippen LogP contribution in [0, 0.1) is 0 Å². The summed E-state index contributed by atoms with van der Waals surface area (Å²) in [7, 11) is -1.53. The van der Waals surface area contributed by atoms with Gasteiger partial charge in [0.1, 0.15) is 5.75 Å². The Bertz CT molecular complexity index is 476. The first-order chi connectivity index (χ1) is 7.04. The molecule has 0 radical (unpaired) electrons. The first kappa shape index (κ1) is 10.2. The zero-order valence-electron chi connectivity index (χ0n) is 9.32.